The first-order valence-corrected chi connectivity index (χ1v) is 7.54. The van der Waals surface area contributed by atoms with Gasteiger partial charge in [-0.3, -0.25) is 9.59 Å². The van der Waals surface area contributed by atoms with E-state index >= 15 is 0 Å². The van der Waals surface area contributed by atoms with E-state index in [1.807, 2.05) is 0 Å². The van der Waals surface area contributed by atoms with E-state index in [-0.39, 0.29) is 17.5 Å². The summed E-state index contributed by atoms with van der Waals surface area (Å²) in [5.74, 6) is -0.447. The van der Waals surface area contributed by atoms with Crippen LogP contribution in [0.1, 0.15) is 27.9 Å². The van der Waals surface area contributed by atoms with Gasteiger partial charge in [-0.15, -0.1) is 0 Å². The van der Waals surface area contributed by atoms with E-state index in [9.17, 15) is 14.0 Å². The molecule has 0 unspecified atom stereocenters. The topological polar surface area (TPSA) is 56.4 Å². The molecule has 1 amide bonds. The van der Waals surface area contributed by atoms with Crippen LogP contribution >= 0.6 is 0 Å². The number of Topliss-reactive ketones (excluding diaryl/α,β-unsaturated/α-hetero) is 1. The van der Waals surface area contributed by atoms with Crippen LogP contribution in [-0.2, 0) is 0 Å². The summed E-state index contributed by atoms with van der Waals surface area (Å²) < 4.78 is 13.0. The first-order chi connectivity index (χ1) is 11.0. The summed E-state index contributed by atoms with van der Waals surface area (Å²) in [4.78, 5) is 30.5. The summed E-state index contributed by atoms with van der Waals surface area (Å²) in [7, 11) is 0. The van der Waals surface area contributed by atoms with Crippen molar-refractivity contribution in [3.63, 3.8) is 0 Å². The number of halogens is 1. The van der Waals surface area contributed by atoms with E-state index in [0.29, 0.717) is 37.6 Å². The highest BCUT2D eigenvalue weighted by molar-refractivity contribution is 5.97. The van der Waals surface area contributed by atoms with Crippen LogP contribution in [-0.4, -0.2) is 47.8 Å². The molecule has 0 saturated carbocycles. The number of H-pyrrole nitrogens is 1. The zero-order chi connectivity index (χ0) is 16.4. The van der Waals surface area contributed by atoms with E-state index in [1.54, 1.807) is 29.2 Å². The zero-order valence-electron chi connectivity index (χ0n) is 12.9. The van der Waals surface area contributed by atoms with E-state index in [2.05, 4.69) is 9.88 Å². The quantitative estimate of drug-likeness (QED) is 0.884. The second kappa shape index (κ2) is 6.24. The molecule has 2 heterocycles. The van der Waals surface area contributed by atoms with Crippen molar-refractivity contribution in [1.82, 2.24) is 9.88 Å². The van der Waals surface area contributed by atoms with Crippen molar-refractivity contribution in [2.75, 3.05) is 31.1 Å². The molecule has 120 valence electrons. The van der Waals surface area contributed by atoms with Gasteiger partial charge < -0.3 is 14.8 Å². The maximum atomic E-state index is 13.0. The van der Waals surface area contributed by atoms with Crippen LogP contribution in [0.2, 0.25) is 0 Å². The summed E-state index contributed by atoms with van der Waals surface area (Å²) in [5.41, 5.74) is 1.83. The number of hydrogen-bond acceptors (Lipinski definition) is 3. The molecular weight excluding hydrogens is 297 g/mol. The van der Waals surface area contributed by atoms with Crippen LogP contribution in [0.5, 0.6) is 0 Å². The van der Waals surface area contributed by atoms with E-state index in [4.69, 9.17) is 0 Å². The highest BCUT2D eigenvalue weighted by Gasteiger charge is 2.23. The van der Waals surface area contributed by atoms with Crippen molar-refractivity contribution in [2.24, 2.45) is 0 Å². The largest absolute Gasteiger partial charge is 0.368 e. The third-order valence-electron chi connectivity index (χ3n) is 4.05. The SMILES string of the molecule is CC(=O)c1ccc(C(=O)N2CCN(c3ccc(F)cc3)CC2)[nH]1. The number of hydrogen-bond donors (Lipinski definition) is 1. The Balaban J connectivity index is 1.62. The number of ketones is 1. The first-order valence-electron chi connectivity index (χ1n) is 7.54. The monoisotopic (exact) mass is 315 g/mol. The summed E-state index contributed by atoms with van der Waals surface area (Å²) in [6.07, 6.45) is 0. The Kier molecular flexibility index (Phi) is 4.14. The molecule has 3 rings (SSSR count). The Bertz CT molecular complexity index is 716. The summed E-state index contributed by atoms with van der Waals surface area (Å²) >= 11 is 0. The van der Waals surface area contributed by atoms with Crippen molar-refractivity contribution in [1.29, 1.82) is 0 Å². The Morgan fingerprint density at radius 2 is 1.57 bits per heavy atom. The molecule has 1 fully saturated rings. The lowest BCUT2D eigenvalue weighted by Gasteiger charge is -2.36. The molecule has 23 heavy (non-hydrogen) atoms. The summed E-state index contributed by atoms with van der Waals surface area (Å²) in [6, 6.07) is 9.65. The molecule has 6 heteroatoms. The minimum absolute atomic E-state index is 0.0924. The number of nitrogens with zero attached hydrogens (tertiary/aromatic N) is 2. The maximum absolute atomic E-state index is 13.0. The van der Waals surface area contributed by atoms with E-state index in [1.165, 1.54) is 19.1 Å². The average Bonchev–Trinajstić information content (AvgIpc) is 3.05. The Morgan fingerprint density at radius 1 is 0.957 bits per heavy atom. The molecule has 1 aromatic carbocycles. The fourth-order valence-electron chi connectivity index (χ4n) is 2.72. The van der Waals surface area contributed by atoms with Crippen molar-refractivity contribution in [3.8, 4) is 0 Å². The lowest BCUT2D eigenvalue weighted by molar-refractivity contribution is 0.0741. The fourth-order valence-corrected chi connectivity index (χ4v) is 2.72. The van der Waals surface area contributed by atoms with Gasteiger partial charge in [0.1, 0.15) is 11.5 Å². The minimum Gasteiger partial charge on any atom is -0.368 e. The van der Waals surface area contributed by atoms with Crippen LogP contribution < -0.4 is 4.90 Å². The van der Waals surface area contributed by atoms with Gasteiger partial charge in [0.05, 0.1) is 5.69 Å². The van der Waals surface area contributed by atoms with E-state index in [0.717, 1.165) is 5.69 Å². The summed E-state index contributed by atoms with van der Waals surface area (Å²) in [5, 5.41) is 0. The lowest BCUT2D eigenvalue weighted by atomic mass is 10.2. The number of anilines is 1. The molecule has 1 aliphatic rings. The molecule has 0 atom stereocenters. The zero-order valence-corrected chi connectivity index (χ0v) is 12.9. The third kappa shape index (κ3) is 3.26. The van der Waals surface area contributed by atoms with Crippen LogP contribution in [0.3, 0.4) is 0 Å². The number of benzene rings is 1. The fraction of sp³-hybridized carbons (Fsp3) is 0.294. The third-order valence-corrected chi connectivity index (χ3v) is 4.05. The normalized spacial score (nSPS) is 14.9. The van der Waals surface area contributed by atoms with Gasteiger partial charge in [-0.1, -0.05) is 0 Å². The molecule has 1 aromatic heterocycles. The number of carbonyl (C=O) groups is 2. The molecular formula is C17H18FN3O2. The number of aromatic nitrogens is 1. The van der Waals surface area contributed by atoms with Crippen LogP contribution in [0.15, 0.2) is 36.4 Å². The second-order valence-corrected chi connectivity index (χ2v) is 5.60. The number of rotatable bonds is 3. The Morgan fingerprint density at radius 3 is 2.13 bits per heavy atom. The van der Waals surface area contributed by atoms with Crippen LogP contribution in [0.4, 0.5) is 10.1 Å². The molecule has 1 saturated heterocycles. The predicted octanol–water partition coefficient (Wildman–Crippen LogP) is 2.32. The Labute approximate surface area is 133 Å². The molecule has 1 aliphatic heterocycles. The molecule has 0 radical (unpaired) electrons. The van der Waals surface area contributed by atoms with Gasteiger partial charge in [-0.2, -0.15) is 0 Å². The van der Waals surface area contributed by atoms with Gasteiger partial charge in [0, 0.05) is 38.8 Å². The van der Waals surface area contributed by atoms with Gasteiger partial charge in [-0.25, -0.2) is 4.39 Å². The lowest BCUT2D eigenvalue weighted by Crippen LogP contribution is -2.48. The van der Waals surface area contributed by atoms with Crippen LogP contribution in [0.25, 0.3) is 0 Å². The van der Waals surface area contributed by atoms with Crippen molar-refractivity contribution in [2.45, 2.75) is 6.92 Å². The minimum atomic E-state index is -0.254. The predicted molar refractivity (Wildman–Crippen MR) is 85.3 cm³/mol. The van der Waals surface area contributed by atoms with Crippen molar-refractivity contribution < 1.29 is 14.0 Å². The smallest absolute Gasteiger partial charge is 0.270 e. The van der Waals surface area contributed by atoms with E-state index < -0.39 is 0 Å². The van der Waals surface area contributed by atoms with Crippen LogP contribution in [0, 0.1) is 5.82 Å². The van der Waals surface area contributed by atoms with Gasteiger partial charge >= 0.3 is 0 Å². The number of amides is 1. The van der Waals surface area contributed by atoms with Crippen molar-refractivity contribution >= 4 is 17.4 Å². The molecule has 1 N–H and O–H groups in total. The van der Waals surface area contributed by atoms with Gasteiger partial charge in [-0.05, 0) is 36.4 Å². The maximum Gasteiger partial charge on any atom is 0.270 e. The highest BCUT2D eigenvalue weighted by atomic mass is 19.1. The molecule has 0 aliphatic carbocycles. The number of piperazine rings is 1. The molecule has 0 spiro atoms. The number of carbonyl (C=O) groups excluding carboxylic acids is 2. The average molecular weight is 315 g/mol. The number of aromatic amines is 1. The van der Waals surface area contributed by atoms with Crippen molar-refractivity contribution in [3.05, 3.63) is 53.6 Å². The van der Waals surface area contributed by atoms with Gasteiger partial charge in [0.2, 0.25) is 0 Å². The molecule has 5 nitrogen and oxygen atoms in total. The first kappa shape index (κ1) is 15.3. The number of nitrogens with one attached hydrogen (secondary N) is 1. The Hall–Kier alpha value is -2.63. The molecule has 2 aromatic rings. The molecule has 0 bridgehead atoms. The highest BCUT2D eigenvalue weighted by Crippen LogP contribution is 2.18. The second-order valence-electron chi connectivity index (χ2n) is 5.60. The van der Waals surface area contributed by atoms with Gasteiger partial charge in [0.25, 0.3) is 5.91 Å². The van der Waals surface area contributed by atoms with Gasteiger partial charge in [0.15, 0.2) is 5.78 Å². The standard InChI is InChI=1S/C17H18FN3O2/c1-12(22)15-6-7-16(19-15)17(23)21-10-8-20(9-11-21)14-4-2-13(18)3-5-14/h2-7,19H,8-11H2,1H3. The summed E-state index contributed by atoms with van der Waals surface area (Å²) in [6.45, 7) is 4.02.